The molecule has 1 unspecified atom stereocenters. The van der Waals surface area contributed by atoms with Crippen molar-refractivity contribution in [1.29, 1.82) is 0 Å². The smallest absolute Gasteiger partial charge is 0.323 e. The van der Waals surface area contributed by atoms with Gasteiger partial charge >= 0.3 is 5.92 Å². The van der Waals surface area contributed by atoms with Crippen molar-refractivity contribution in [2.24, 2.45) is 16.8 Å². The Bertz CT molecular complexity index is 868. The molecule has 0 bridgehead atoms. The molecule has 1 aromatic carbocycles. The Kier molecular flexibility index (Phi) is 6.97. The van der Waals surface area contributed by atoms with Gasteiger partial charge in [-0.1, -0.05) is 23.9 Å². The normalized spacial score (nSPS) is 14.6. The summed E-state index contributed by atoms with van der Waals surface area (Å²) in [5.41, 5.74) is -3.93. The molecule has 28 heavy (non-hydrogen) atoms. The van der Waals surface area contributed by atoms with E-state index in [4.69, 9.17) is 11.7 Å². The third-order valence-corrected chi connectivity index (χ3v) is 5.25. The molecule has 0 saturated heterocycles. The molecule has 0 aliphatic heterocycles. The highest BCUT2D eigenvalue weighted by Crippen LogP contribution is 2.46. The van der Waals surface area contributed by atoms with E-state index in [-0.39, 0.29) is 5.17 Å². The minimum Gasteiger partial charge on any atom is -0.377 e. The molecule has 0 aliphatic rings. The number of pyridine rings is 1. The second-order valence-corrected chi connectivity index (χ2v) is 7.71. The van der Waals surface area contributed by atoms with Crippen LogP contribution >= 0.6 is 27.7 Å². The molecule has 1 heterocycles. The van der Waals surface area contributed by atoms with Crippen molar-refractivity contribution >= 4 is 32.9 Å². The fraction of sp³-hybridized carbons (Fsp3) is 0.294. The summed E-state index contributed by atoms with van der Waals surface area (Å²) in [6.07, 6.45) is 2.73. The van der Waals surface area contributed by atoms with Crippen LogP contribution in [0.3, 0.4) is 0 Å². The summed E-state index contributed by atoms with van der Waals surface area (Å²) < 4.78 is 46.1. The fourth-order valence-electron chi connectivity index (χ4n) is 2.64. The summed E-state index contributed by atoms with van der Waals surface area (Å²) >= 11 is 4.10. The molecule has 0 fully saturated rings. The van der Waals surface area contributed by atoms with Crippen molar-refractivity contribution in [3.8, 4) is 0 Å². The van der Waals surface area contributed by atoms with Crippen LogP contribution < -0.4 is 11.7 Å². The first-order chi connectivity index (χ1) is 13.1. The minimum absolute atomic E-state index is 0.0227. The standard InChI is InChI=1S/C17H19BrF3N5OS/c1-10-3-5-12(13(19)7-10)16(27,9-26(23)15(25-22)28-2)17(20,21)14-6-4-11(18)8-24-14/h3-8,27H,9,22-23H2,1-2H3/b25-15+. The van der Waals surface area contributed by atoms with Gasteiger partial charge in [-0.3, -0.25) is 9.99 Å². The van der Waals surface area contributed by atoms with Gasteiger partial charge in [0.15, 0.2) is 10.8 Å². The number of thioether (sulfide) groups is 1. The number of nitrogens with zero attached hydrogens (tertiary/aromatic N) is 3. The largest absolute Gasteiger partial charge is 0.377 e. The lowest BCUT2D eigenvalue weighted by Gasteiger charge is -2.38. The number of hydrazone groups is 1. The van der Waals surface area contributed by atoms with E-state index in [0.29, 0.717) is 10.0 Å². The molecular formula is C17H19BrF3N5OS. The molecule has 0 saturated carbocycles. The van der Waals surface area contributed by atoms with E-state index in [1.807, 2.05) is 0 Å². The van der Waals surface area contributed by atoms with Gasteiger partial charge in [0.25, 0.3) is 0 Å². The second-order valence-electron chi connectivity index (χ2n) is 6.02. The maximum atomic E-state index is 15.5. The van der Waals surface area contributed by atoms with Crippen molar-refractivity contribution in [1.82, 2.24) is 9.99 Å². The molecule has 2 rings (SSSR count). The molecule has 1 aromatic heterocycles. The van der Waals surface area contributed by atoms with Gasteiger partial charge in [0, 0.05) is 16.2 Å². The summed E-state index contributed by atoms with van der Waals surface area (Å²) in [7, 11) is 0. The van der Waals surface area contributed by atoms with Gasteiger partial charge in [0.2, 0.25) is 0 Å². The topological polar surface area (TPSA) is 101 Å². The molecule has 0 amide bonds. The highest BCUT2D eigenvalue weighted by Gasteiger charge is 2.58. The molecule has 2 aromatic rings. The number of aliphatic hydroxyl groups is 1. The predicted molar refractivity (Wildman–Crippen MR) is 107 cm³/mol. The third-order valence-electron chi connectivity index (χ3n) is 4.08. The molecule has 0 spiro atoms. The van der Waals surface area contributed by atoms with E-state index in [1.54, 1.807) is 13.2 Å². The van der Waals surface area contributed by atoms with E-state index in [2.05, 4.69) is 26.0 Å². The molecule has 1 atom stereocenters. The molecule has 0 aliphatic carbocycles. The van der Waals surface area contributed by atoms with Crippen LogP contribution in [-0.4, -0.2) is 33.1 Å². The molecule has 6 nitrogen and oxygen atoms in total. The van der Waals surface area contributed by atoms with E-state index in [1.165, 1.54) is 12.1 Å². The summed E-state index contributed by atoms with van der Waals surface area (Å²) in [6.45, 7) is 0.705. The number of amidine groups is 1. The SMILES string of the molecule is CS/C(=N/N)N(N)CC(O)(c1ccc(C)cc1F)C(F)(F)c1ccc(Br)cn1. The highest BCUT2D eigenvalue weighted by atomic mass is 79.9. The van der Waals surface area contributed by atoms with E-state index in [0.717, 1.165) is 41.2 Å². The second kappa shape index (κ2) is 8.68. The molecular weight excluding hydrogens is 459 g/mol. The Morgan fingerprint density at radius 3 is 2.54 bits per heavy atom. The maximum absolute atomic E-state index is 15.5. The summed E-state index contributed by atoms with van der Waals surface area (Å²) in [6, 6.07) is 5.95. The highest BCUT2D eigenvalue weighted by molar-refractivity contribution is 9.10. The van der Waals surface area contributed by atoms with Crippen LogP contribution in [0, 0.1) is 12.7 Å². The number of halogens is 4. The first kappa shape index (κ1) is 22.5. The number of hydrogen-bond donors (Lipinski definition) is 3. The van der Waals surface area contributed by atoms with Crippen LogP contribution in [0.15, 0.2) is 46.1 Å². The summed E-state index contributed by atoms with van der Waals surface area (Å²) in [5.74, 6) is 6.01. The zero-order valence-electron chi connectivity index (χ0n) is 15.0. The number of nitrogens with two attached hydrogens (primary N) is 2. The summed E-state index contributed by atoms with van der Waals surface area (Å²) in [4.78, 5) is 3.68. The zero-order valence-corrected chi connectivity index (χ0v) is 17.4. The number of aromatic nitrogens is 1. The van der Waals surface area contributed by atoms with Crippen molar-refractivity contribution < 1.29 is 18.3 Å². The number of rotatable bonds is 5. The first-order valence-corrected chi connectivity index (χ1v) is 9.91. The number of alkyl halides is 2. The lowest BCUT2D eigenvalue weighted by atomic mass is 9.84. The van der Waals surface area contributed by atoms with Crippen LogP contribution in [0.1, 0.15) is 16.8 Å². The van der Waals surface area contributed by atoms with Crippen LogP contribution in [0.5, 0.6) is 0 Å². The van der Waals surface area contributed by atoms with E-state index >= 15 is 8.78 Å². The Hall–Kier alpha value is -1.82. The van der Waals surface area contributed by atoms with Gasteiger partial charge in [-0.05, 0) is 52.9 Å². The van der Waals surface area contributed by atoms with Crippen LogP contribution in [-0.2, 0) is 11.5 Å². The molecule has 152 valence electrons. The Morgan fingerprint density at radius 2 is 2.04 bits per heavy atom. The average molecular weight is 478 g/mol. The Balaban J connectivity index is 2.65. The van der Waals surface area contributed by atoms with E-state index in [9.17, 15) is 9.50 Å². The van der Waals surface area contributed by atoms with Crippen LogP contribution in [0.4, 0.5) is 13.2 Å². The Labute approximate surface area is 172 Å². The first-order valence-electron chi connectivity index (χ1n) is 7.89. The van der Waals surface area contributed by atoms with Gasteiger partial charge < -0.3 is 10.9 Å². The van der Waals surface area contributed by atoms with Gasteiger partial charge in [-0.2, -0.15) is 13.9 Å². The van der Waals surface area contributed by atoms with E-state index < -0.39 is 35.1 Å². The zero-order chi connectivity index (χ0) is 21.1. The number of hydrogen-bond acceptors (Lipinski definition) is 6. The molecule has 11 heteroatoms. The van der Waals surface area contributed by atoms with Crippen molar-refractivity contribution in [3.05, 3.63) is 63.6 Å². The lowest BCUT2D eigenvalue weighted by Crippen LogP contribution is -2.55. The van der Waals surface area contributed by atoms with Crippen LogP contribution in [0.25, 0.3) is 0 Å². The average Bonchev–Trinajstić information content (AvgIpc) is 2.62. The molecule has 5 N–H and O–H groups in total. The maximum Gasteiger partial charge on any atom is 0.323 e. The quantitative estimate of drug-likeness (QED) is 0.265. The van der Waals surface area contributed by atoms with Gasteiger partial charge in [-0.15, -0.1) is 0 Å². The van der Waals surface area contributed by atoms with Crippen molar-refractivity contribution in [2.75, 3.05) is 12.8 Å². The van der Waals surface area contributed by atoms with Gasteiger partial charge in [0.05, 0.1) is 6.54 Å². The number of benzene rings is 1. The van der Waals surface area contributed by atoms with Crippen molar-refractivity contribution in [3.63, 3.8) is 0 Å². The predicted octanol–water partition coefficient (Wildman–Crippen LogP) is 3.04. The molecule has 0 radical (unpaired) electrons. The summed E-state index contributed by atoms with van der Waals surface area (Å²) in [5, 5.41) is 15.3. The van der Waals surface area contributed by atoms with Crippen LogP contribution in [0.2, 0.25) is 0 Å². The van der Waals surface area contributed by atoms with Gasteiger partial charge in [0.1, 0.15) is 11.5 Å². The minimum atomic E-state index is -4.00. The monoisotopic (exact) mass is 477 g/mol. The van der Waals surface area contributed by atoms with Gasteiger partial charge in [-0.25, -0.2) is 10.2 Å². The Morgan fingerprint density at radius 1 is 1.36 bits per heavy atom. The number of aryl methyl sites for hydroxylation is 1. The lowest BCUT2D eigenvalue weighted by molar-refractivity contribution is -0.204. The van der Waals surface area contributed by atoms with Crippen molar-refractivity contribution in [2.45, 2.75) is 18.4 Å². The fourth-order valence-corrected chi connectivity index (χ4v) is 3.28. The third kappa shape index (κ3) is 4.27. The number of hydrazine groups is 1.